The standard InChI is InChI=1S/C19H20F3N3OS/c1-9-12(4)27-18-15(9)17(26)24-16(25-18)11(3)23-10(2)13-7-5-6-8-14(13)19(20,21)22/h5-8,10-11,23H,1-4H3,(H,24,25,26)/t10-,11+/m0/s1. The van der Waals surface area contributed by atoms with E-state index in [-0.39, 0.29) is 11.1 Å². The Kier molecular flexibility index (Phi) is 5.14. The number of H-pyrrole nitrogens is 1. The molecule has 2 heterocycles. The van der Waals surface area contributed by atoms with Crippen LogP contribution in [-0.4, -0.2) is 9.97 Å². The van der Waals surface area contributed by atoms with Crippen molar-refractivity contribution >= 4 is 21.6 Å². The number of thiophene rings is 1. The quantitative estimate of drug-likeness (QED) is 0.651. The van der Waals surface area contributed by atoms with Crippen molar-refractivity contribution in [1.82, 2.24) is 15.3 Å². The molecule has 144 valence electrons. The summed E-state index contributed by atoms with van der Waals surface area (Å²) < 4.78 is 39.8. The molecule has 0 spiro atoms. The van der Waals surface area contributed by atoms with Gasteiger partial charge in [-0.3, -0.25) is 4.79 Å². The van der Waals surface area contributed by atoms with Gasteiger partial charge in [-0.2, -0.15) is 13.2 Å². The first-order valence-corrected chi connectivity index (χ1v) is 9.33. The van der Waals surface area contributed by atoms with Gasteiger partial charge < -0.3 is 10.3 Å². The van der Waals surface area contributed by atoms with Gasteiger partial charge in [0.25, 0.3) is 5.56 Å². The average Bonchev–Trinajstić information content (AvgIpc) is 2.88. The lowest BCUT2D eigenvalue weighted by Crippen LogP contribution is -2.27. The largest absolute Gasteiger partial charge is 0.416 e. The van der Waals surface area contributed by atoms with Crippen LogP contribution in [0, 0.1) is 13.8 Å². The number of rotatable bonds is 4. The van der Waals surface area contributed by atoms with Gasteiger partial charge in [-0.1, -0.05) is 18.2 Å². The third kappa shape index (κ3) is 3.77. The monoisotopic (exact) mass is 395 g/mol. The number of fused-ring (bicyclic) bond motifs is 1. The molecule has 2 atom stereocenters. The summed E-state index contributed by atoms with van der Waals surface area (Å²) in [5.74, 6) is 0.407. The molecule has 0 amide bonds. The van der Waals surface area contributed by atoms with Crippen molar-refractivity contribution in [1.29, 1.82) is 0 Å². The van der Waals surface area contributed by atoms with Crippen LogP contribution in [-0.2, 0) is 6.18 Å². The first-order valence-electron chi connectivity index (χ1n) is 8.51. The maximum Gasteiger partial charge on any atom is 0.416 e. The number of alkyl halides is 3. The third-order valence-corrected chi connectivity index (χ3v) is 5.80. The summed E-state index contributed by atoms with van der Waals surface area (Å²) in [4.78, 5) is 21.4. The molecule has 0 radical (unpaired) electrons. The van der Waals surface area contributed by atoms with Crippen LogP contribution in [0.25, 0.3) is 10.2 Å². The Morgan fingerprint density at radius 1 is 1.15 bits per heavy atom. The Hall–Kier alpha value is -2.19. The number of nitrogens with zero attached hydrogens (tertiary/aromatic N) is 1. The average molecular weight is 395 g/mol. The highest BCUT2D eigenvalue weighted by molar-refractivity contribution is 7.18. The number of aryl methyl sites for hydroxylation is 2. The number of nitrogens with one attached hydrogen (secondary N) is 2. The van der Waals surface area contributed by atoms with Gasteiger partial charge in [0.05, 0.1) is 17.0 Å². The Bertz CT molecular complexity index is 1040. The molecule has 4 nitrogen and oxygen atoms in total. The smallest absolute Gasteiger partial charge is 0.309 e. The van der Waals surface area contributed by atoms with E-state index in [0.717, 1.165) is 16.5 Å². The van der Waals surface area contributed by atoms with E-state index in [1.807, 2.05) is 13.8 Å². The molecular formula is C19H20F3N3OS. The van der Waals surface area contributed by atoms with Crippen molar-refractivity contribution in [3.63, 3.8) is 0 Å². The van der Waals surface area contributed by atoms with E-state index in [1.165, 1.54) is 23.5 Å². The normalized spacial score (nSPS) is 14.5. The molecule has 27 heavy (non-hydrogen) atoms. The van der Waals surface area contributed by atoms with Crippen molar-refractivity contribution in [2.75, 3.05) is 0 Å². The molecule has 0 fully saturated rings. The number of aromatic amines is 1. The predicted molar refractivity (Wildman–Crippen MR) is 101 cm³/mol. The highest BCUT2D eigenvalue weighted by atomic mass is 32.1. The second-order valence-electron chi connectivity index (χ2n) is 6.61. The van der Waals surface area contributed by atoms with Crippen LogP contribution in [0.3, 0.4) is 0 Å². The summed E-state index contributed by atoms with van der Waals surface area (Å²) >= 11 is 1.44. The summed E-state index contributed by atoms with van der Waals surface area (Å²) in [6.07, 6.45) is -4.42. The maximum absolute atomic E-state index is 13.3. The number of halogens is 3. The zero-order valence-electron chi connectivity index (χ0n) is 15.4. The highest BCUT2D eigenvalue weighted by Crippen LogP contribution is 2.35. The third-order valence-electron chi connectivity index (χ3n) is 4.70. The van der Waals surface area contributed by atoms with Crippen LogP contribution in [0.5, 0.6) is 0 Å². The Morgan fingerprint density at radius 2 is 1.81 bits per heavy atom. The number of hydrogen-bond donors (Lipinski definition) is 2. The minimum Gasteiger partial charge on any atom is -0.309 e. The summed E-state index contributed by atoms with van der Waals surface area (Å²) in [6, 6.07) is 4.47. The molecule has 0 unspecified atom stereocenters. The molecule has 0 saturated heterocycles. The Morgan fingerprint density at radius 3 is 2.48 bits per heavy atom. The van der Waals surface area contributed by atoms with E-state index in [9.17, 15) is 18.0 Å². The molecule has 0 aliphatic carbocycles. The first kappa shape index (κ1) is 19.6. The Balaban J connectivity index is 1.91. The number of aromatic nitrogens is 2. The van der Waals surface area contributed by atoms with Gasteiger partial charge in [0.15, 0.2) is 0 Å². The van der Waals surface area contributed by atoms with E-state index in [2.05, 4.69) is 15.3 Å². The topological polar surface area (TPSA) is 57.8 Å². The summed E-state index contributed by atoms with van der Waals surface area (Å²) in [6.45, 7) is 7.24. The van der Waals surface area contributed by atoms with Crippen molar-refractivity contribution in [3.05, 3.63) is 62.0 Å². The lowest BCUT2D eigenvalue weighted by molar-refractivity contribution is -0.138. The van der Waals surface area contributed by atoms with Crippen LogP contribution in [0.2, 0.25) is 0 Å². The lowest BCUT2D eigenvalue weighted by atomic mass is 10.0. The van der Waals surface area contributed by atoms with Crippen LogP contribution < -0.4 is 10.9 Å². The molecule has 1 aromatic carbocycles. The maximum atomic E-state index is 13.3. The number of benzene rings is 1. The first-order chi connectivity index (χ1) is 12.6. The lowest BCUT2D eigenvalue weighted by Gasteiger charge is -2.23. The van der Waals surface area contributed by atoms with Crippen molar-refractivity contribution < 1.29 is 13.2 Å². The molecular weight excluding hydrogens is 375 g/mol. The van der Waals surface area contributed by atoms with Gasteiger partial charge in [-0.25, -0.2) is 4.98 Å². The molecule has 0 saturated carbocycles. The second kappa shape index (κ2) is 7.09. The van der Waals surface area contributed by atoms with Gasteiger partial charge in [-0.05, 0) is 44.9 Å². The molecule has 3 aromatic rings. The molecule has 3 rings (SSSR count). The predicted octanol–water partition coefficient (Wildman–Crippen LogP) is 5.03. The molecule has 0 bridgehead atoms. The van der Waals surface area contributed by atoms with E-state index >= 15 is 0 Å². The fraction of sp³-hybridized carbons (Fsp3) is 0.368. The van der Waals surface area contributed by atoms with Gasteiger partial charge >= 0.3 is 6.18 Å². The fourth-order valence-electron chi connectivity index (χ4n) is 3.15. The van der Waals surface area contributed by atoms with Gasteiger partial charge in [-0.15, -0.1) is 11.3 Å². The molecule has 2 N–H and O–H groups in total. The van der Waals surface area contributed by atoms with E-state index in [1.54, 1.807) is 19.9 Å². The van der Waals surface area contributed by atoms with Crippen LogP contribution >= 0.6 is 11.3 Å². The van der Waals surface area contributed by atoms with Gasteiger partial charge in [0, 0.05) is 10.9 Å². The molecule has 0 aliphatic heterocycles. The van der Waals surface area contributed by atoms with Crippen LogP contribution in [0.15, 0.2) is 29.1 Å². The van der Waals surface area contributed by atoms with Crippen LogP contribution in [0.4, 0.5) is 13.2 Å². The minimum absolute atomic E-state index is 0.156. The summed E-state index contributed by atoms with van der Waals surface area (Å²) in [5.41, 5.74) is 0.166. The van der Waals surface area contributed by atoms with Gasteiger partial charge in [0.2, 0.25) is 0 Å². The van der Waals surface area contributed by atoms with E-state index < -0.39 is 23.8 Å². The van der Waals surface area contributed by atoms with E-state index in [0.29, 0.717) is 16.0 Å². The summed E-state index contributed by atoms with van der Waals surface area (Å²) in [7, 11) is 0. The van der Waals surface area contributed by atoms with Crippen molar-refractivity contribution in [3.8, 4) is 0 Å². The highest BCUT2D eigenvalue weighted by Gasteiger charge is 2.34. The zero-order chi connectivity index (χ0) is 19.9. The molecule has 2 aromatic heterocycles. The molecule has 8 heteroatoms. The zero-order valence-corrected chi connectivity index (χ0v) is 16.2. The molecule has 0 aliphatic rings. The van der Waals surface area contributed by atoms with Crippen molar-refractivity contribution in [2.45, 2.75) is 46.0 Å². The minimum atomic E-state index is -4.42. The second-order valence-corrected chi connectivity index (χ2v) is 7.81. The fourth-order valence-corrected chi connectivity index (χ4v) is 4.19. The SMILES string of the molecule is Cc1sc2nc([C@@H](C)N[C@@H](C)c3ccccc3C(F)(F)F)[nH]c(=O)c2c1C. The van der Waals surface area contributed by atoms with Gasteiger partial charge in [0.1, 0.15) is 10.7 Å². The van der Waals surface area contributed by atoms with E-state index in [4.69, 9.17) is 0 Å². The Labute approximate surface area is 158 Å². The number of hydrogen-bond acceptors (Lipinski definition) is 4. The van der Waals surface area contributed by atoms with Crippen LogP contribution in [0.1, 0.15) is 53.3 Å². The summed E-state index contributed by atoms with van der Waals surface area (Å²) in [5, 5.41) is 3.68. The van der Waals surface area contributed by atoms with Crippen molar-refractivity contribution in [2.24, 2.45) is 0 Å².